The molecule has 2 aromatic carbocycles. The second-order valence-corrected chi connectivity index (χ2v) is 10.3. The number of benzene rings is 2. The standard InChI is InChI=1S/C30H35F3O4/c1-3-16-36-27-15-10-22(17-26(27)31)30(35)37-23-11-8-21(9-12-23)25-14-13-24(28(32)29(25)33)20-6-4-19(5-7-20)18(2)34/h3,10,13-15,17-21,23,34H,1,4-9,11-12,16H2,2H3. The molecule has 2 aliphatic carbocycles. The molecule has 1 atom stereocenters. The summed E-state index contributed by atoms with van der Waals surface area (Å²) in [5.41, 5.74) is 0.902. The van der Waals surface area contributed by atoms with E-state index in [1.807, 2.05) is 0 Å². The molecule has 0 saturated heterocycles. The van der Waals surface area contributed by atoms with Crippen molar-refractivity contribution in [3.8, 4) is 5.75 Å². The number of rotatable bonds is 8. The van der Waals surface area contributed by atoms with Crippen molar-refractivity contribution in [3.63, 3.8) is 0 Å². The Labute approximate surface area is 216 Å². The summed E-state index contributed by atoms with van der Waals surface area (Å²) in [5.74, 6) is -2.73. The average Bonchev–Trinajstić information content (AvgIpc) is 2.90. The van der Waals surface area contributed by atoms with Gasteiger partial charge in [-0.1, -0.05) is 24.8 Å². The fraction of sp³-hybridized carbons (Fsp3) is 0.500. The predicted octanol–water partition coefficient (Wildman–Crippen LogP) is 7.21. The van der Waals surface area contributed by atoms with Gasteiger partial charge in [-0.15, -0.1) is 0 Å². The van der Waals surface area contributed by atoms with Crippen LogP contribution in [0.4, 0.5) is 13.2 Å². The summed E-state index contributed by atoms with van der Waals surface area (Å²) in [6.07, 6.45) is 6.05. The van der Waals surface area contributed by atoms with E-state index in [0.29, 0.717) is 36.8 Å². The van der Waals surface area contributed by atoms with Crippen molar-refractivity contribution < 1.29 is 32.5 Å². The number of hydrogen-bond donors (Lipinski definition) is 1. The van der Waals surface area contributed by atoms with Gasteiger partial charge in [0.05, 0.1) is 11.7 Å². The minimum absolute atomic E-state index is 0.0267. The molecule has 0 bridgehead atoms. The SMILES string of the molecule is C=CCOc1ccc(C(=O)OC2CCC(c3ccc(C4CCC(C(C)O)CC4)c(F)c3F)CC2)cc1F. The number of hydrogen-bond acceptors (Lipinski definition) is 4. The maximum atomic E-state index is 15.1. The molecule has 7 heteroatoms. The lowest BCUT2D eigenvalue weighted by atomic mass is 9.76. The molecule has 0 amide bonds. The van der Waals surface area contributed by atoms with Gasteiger partial charge in [-0.2, -0.15) is 0 Å². The van der Waals surface area contributed by atoms with Crippen molar-refractivity contribution in [3.05, 3.63) is 77.1 Å². The van der Waals surface area contributed by atoms with Crippen LogP contribution in [0, 0.1) is 23.4 Å². The van der Waals surface area contributed by atoms with Crippen LogP contribution >= 0.6 is 0 Å². The van der Waals surface area contributed by atoms with Crippen molar-refractivity contribution in [2.45, 2.75) is 82.3 Å². The summed E-state index contributed by atoms with van der Waals surface area (Å²) < 4.78 is 55.1. The summed E-state index contributed by atoms with van der Waals surface area (Å²) in [6.45, 7) is 5.45. The lowest BCUT2D eigenvalue weighted by Crippen LogP contribution is -2.25. The highest BCUT2D eigenvalue weighted by Crippen LogP contribution is 2.41. The van der Waals surface area contributed by atoms with Gasteiger partial charge in [-0.3, -0.25) is 0 Å². The molecule has 0 aliphatic heterocycles. The Morgan fingerprint density at radius 3 is 2.05 bits per heavy atom. The van der Waals surface area contributed by atoms with E-state index in [-0.39, 0.29) is 47.9 Å². The van der Waals surface area contributed by atoms with Crippen LogP contribution in [0.25, 0.3) is 0 Å². The lowest BCUT2D eigenvalue weighted by molar-refractivity contribution is 0.0193. The summed E-state index contributed by atoms with van der Waals surface area (Å²) in [6, 6.07) is 7.36. The van der Waals surface area contributed by atoms with Crippen molar-refractivity contribution in [2.75, 3.05) is 6.61 Å². The molecular formula is C30H35F3O4. The molecule has 0 radical (unpaired) electrons. The summed E-state index contributed by atoms with van der Waals surface area (Å²) in [4.78, 5) is 12.5. The number of aliphatic hydroxyl groups excluding tert-OH is 1. The van der Waals surface area contributed by atoms with Gasteiger partial charge in [0.1, 0.15) is 12.7 Å². The third kappa shape index (κ3) is 6.38. The first-order valence-corrected chi connectivity index (χ1v) is 13.2. The lowest BCUT2D eigenvalue weighted by Gasteiger charge is -2.31. The zero-order valence-electron chi connectivity index (χ0n) is 21.2. The van der Waals surface area contributed by atoms with Crippen LogP contribution in [-0.2, 0) is 4.74 Å². The predicted molar refractivity (Wildman–Crippen MR) is 135 cm³/mol. The highest BCUT2D eigenvalue weighted by Gasteiger charge is 2.31. The fourth-order valence-corrected chi connectivity index (χ4v) is 5.73. The van der Waals surface area contributed by atoms with E-state index >= 15 is 8.78 Å². The van der Waals surface area contributed by atoms with E-state index in [1.165, 1.54) is 18.2 Å². The largest absolute Gasteiger partial charge is 0.486 e. The highest BCUT2D eigenvalue weighted by atomic mass is 19.2. The van der Waals surface area contributed by atoms with E-state index in [1.54, 1.807) is 19.1 Å². The molecule has 1 unspecified atom stereocenters. The van der Waals surface area contributed by atoms with Crippen LogP contribution in [0.2, 0.25) is 0 Å². The maximum Gasteiger partial charge on any atom is 0.338 e. The van der Waals surface area contributed by atoms with Gasteiger partial charge in [0, 0.05) is 0 Å². The van der Waals surface area contributed by atoms with Gasteiger partial charge < -0.3 is 14.6 Å². The molecule has 200 valence electrons. The molecule has 0 spiro atoms. The molecule has 2 aliphatic rings. The smallest absolute Gasteiger partial charge is 0.338 e. The van der Waals surface area contributed by atoms with E-state index in [2.05, 4.69) is 6.58 Å². The molecule has 4 rings (SSSR count). The van der Waals surface area contributed by atoms with Crippen LogP contribution in [-0.4, -0.2) is 29.9 Å². The van der Waals surface area contributed by atoms with Gasteiger partial charge in [0.25, 0.3) is 0 Å². The Hall–Kier alpha value is -2.80. The maximum absolute atomic E-state index is 15.1. The van der Waals surface area contributed by atoms with E-state index in [9.17, 15) is 14.3 Å². The van der Waals surface area contributed by atoms with Crippen molar-refractivity contribution in [1.29, 1.82) is 0 Å². The zero-order chi connectivity index (χ0) is 26.5. The Kier molecular flexibility index (Phi) is 8.95. The van der Waals surface area contributed by atoms with E-state index in [0.717, 1.165) is 31.7 Å². The first-order chi connectivity index (χ1) is 17.8. The molecule has 2 fully saturated rings. The van der Waals surface area contributed by atoms with E-state index < -0.39 is 23.4 Å². The van der Waals surface area contributed by atoms with Crippen LogP contribution < -0.4 is 4.74 Å². The Bertz CT molecular complexity index is 1100. The average molecular weight is 517 g/mol. The molecule has 1 N–H and O–H groups in total. The third-order valence-electron chi connectivity index (χ3n) is 7.95. The molecular weight excluding hydrogens is 481 g/mol. The third-order valence-corrected chi connectivity index (χ3v) is 7.95. The molecule has 37 heavy (non-hydrogen) atoms. The van der Waals surface area contributed by atoms with Crippen LogP contribution in [0.1, 0.15) is 91.6 Å². The summed E-state index contributed by atoms with van der Waals surface area (Å²) >= 11 is 0. The first-order valence-electron chi connectivity index (χ1n) is 13.2. The fourth-order valence-electron chi connectivity index (χ4n) is 5.73. The quantitative estimate of drug-likeness (QED) is 0.298. The Morgan fingerprint density at radius 1 is 0.973 bits per heavy atom. The van der Waals surface area contributed by atoms with Crippen LogP contribution in [0.3, 0.4) is 0 Å². The van der Waals surface area contributed by atoms with Gasteiger partial charge in [0.15, 0.2) is 23.2 Å². The number of esters is 1. The minimum atomic E-state index is -0.773. The van der Waals surface area contributed by atoms with Crippen molar-refractivity contribution in [1.82, 2.24) is 0 Å². The second-order valence-electron chi connectivity index (χ2n) is 10.3. The number of carbonyl (C=O) groups excluding carboxylic acids is 1. The first kappa shape index (κ1) is 27.2. The van der Waals surface area contributed by atoms with Gasteiger partial charge in [-0.05, 0) is 105 Å². The van der Waals surface area contributed by atoms with Crippen LogP contribution in [0.5, 0.6) is 5.75 Å². The Morgan fingerprint density at radius 2 is 1.54 bits per heavy atom. The number of aliphatic hydroxyl groups is 1. The molecule has 0 aromatic heterocycles. The highest BCUT2D eigenvalue weighted by molar-refractivity contribution is 5.89. The normalized spacial score (nSPS) is 24.8. The molecule has 0 heterocycles. The zero-order valence-corrected chi connectivity index (χ0v) is 21.2. The Balaban J connectivity index is 1.33. The van der Waals surface area contributed by atoms with Crippen LogP contribution in [0.15, 0.2) is 43.0 Å². The van der Waals surface area contributed by atoms with Gasteiger partial charge in [-0.25, -0.2) is 18.0 Å². The number of ether oxygens (including phenoxy) is 2. The topological polar surface area (TPSA) is 55.8 Å². The molecule has 2 aromatic rings. The second kappa shape index (κ2) is 12.2. The minimum Gasteiger partial charge on any atom is -0.486 e. The van der Waals surface area contributed by atoms with Crippen molar-refractivity contribution in [2.24, 2.45) is 5.92 Å². The summed E-state index contributed by atoms with van der Waals surface area (Å²) in [5, 5.41) is 9.80. The van der Waals surface area contributed by atoms with E-state index in [4.69, 9.17) is 9.47 Å². The monoisotopic (exact) mass is 516 g/mol. The van der Waals surface area contributed by atoms with Gasteiger partial charge >= 0.3 is 5.97 Å². The number of carbonyl (C=O) groups is 1. The van der Waals surface area contributed by atoms with Gasteiger partial charge in [0.2, 0.25) is 0 Å². The molecule has 2 saturated carbocycles. The molecule has 4 nitrogen and oxygen atoms in total. The van der Waals surface area contributed by atoms with Crippen molar-refractivity contribution >= 4 is 5.97 Å². The summed E-state index contributed by atoms with van der Waals surface area (Å²) in [7, 11) is 0. The number of halogens is 3.